The fraction of sp³-hybridized carbons (Fsp3) is 0.250. The predicted octanol–water partition coefficient (Wildman–Crippen LogP) is 1.56. The van der Waals surface area contributed by atoms with Crippen LogP contribution in [0, 0.1) is 11.6 Å². The van der Waals surface area contributed by atoms with Gasteiger partial charge in [0.05, 0.1) is 5.75 Å². The van der Waals surface area contributed by atoms with Crippen molar-refractivity contribution < 1.29 is 18.7 Å². The van der Waals surface area contributed by atoms with E-state index in [4.69, 9.17) is 10.8 Å². The Bertz CT molecular complexity index is 642. The van der Waals surface area contributed by atoms with Crippen LogP contribution in [0.15, 0.2) is 23.4 Å². The zero-order chi connectivity index (χ0) is 15.4. The van der Waals surface area contributed by atoms with Crippen molar-refractivity contribution in [2.75, 3.05) is 11.5 Å². The molecule has 0 saturated heterocycles. The number of anilines is 1. The third kappa shape index (κ3) is 4.15. The van der Waals surface area contributed by atoms with E-state index in [0.29, 0.717) is 23.7 Å². The third-order valence-electron chi connectivity index (χ3n) is 2.62. The Morgan fingerprint density at radius 1 is 1.29 bits per heavy atom. The summed E-state index contributed by atoms with van der Waals surface area (Å²) in [6.07, 6.45) is 0.317. The Hall–Kier alpha value is -2.16. The first-order valence-corrected chi connectivity index (χ1v) is 6.92. The van der Waals surface area contributed by atoms with Gasteiger partial charge in [0.1, 0.15) is 11.6 Å². The first-order chi connectivity index (χ1) is 9.95. The summed E-state index contributed by atoms with van der Waals surface area (Å²) in [6.45, 7) is 0.295. The molecular weight excluding hydrogens is 302 g/mol. The number of aromatic nitrogens is 3. The number of carbonyl (C=O) groups is 1. The molecule has 1 aromatic heterocycles. The number of nitrogens with two attached hydrogens (primary N) is 1. The number of aliphatic carboxylic acids is 1. The third-order valence-corrected chi connectivity index (χ3v) is 3.57. The Balaban J connectivity index is 2.08. The molecule has 0 aliphatic rings. The second-order valence-electron chi connectivity index (χ2n) is 4.20. The normalized spacial score (nSPS) is 10.8. The van der Waals surface area contributed by atoms with Gasteiger partial charge in [-0.1, -0.05) is 11.8 Å². The molecule has 0 aliphatic heterocycles. The molecule has 1 aromatic carbocycles. The van der Waals surface area contributed by atoms with Crippen molar-refractivity contribution in [3.63, 3.8) is 0 Å². The standard InChI is InChI=1S/C12H12F2N4O2S/c13-8-3-7(4-9(14)5-8)1-2-18-11(15)16-17-12(18)21-6-10(19)20/h3-5H,1-2,6H2,(H2,15,16)(H,19,20). The van der Waals surface area contributed by atoms with Gasteiger partial charge in [-0.15, -0.1) is 10.2 Å². The number of nitrogen functional groups attached to an aromatic ring is 1. The Morgan fingerprint density at radius 2 is 1.95 bits per heavy atom. The quantitative estimate of drug-likeness (QED) is 0.786. The van der Waals surface area contributed by atoms with Crippen LogP contribution >= 0.6 is 11.8 Å². The van der Waals surface area contributed by atoms with Crippen molar-refractivity contribution in [3.8, 4) is 0 Å². The molecule has 21 heavy (non-hydrogen) atoms. The zero-order valence-electron chi connectivity index (χ0n) is 10.8. The molecular formula is C12H12F2N4O2S. The highest BCUT2D eigenvalue weighted by Gasteiger charge is 2.12. The molecule has 2 aromatic rings. The molecule has 0 unspecified atom stereocenters. The molecule has 0 saturated carbocycles. The van der Waals surface area contributed by atoms with Crippen molar-refractivity contribution in [2.24, 2.45) is 0 Å². The van der Waals surface area contributed by atoms with Crippen molar-refractivity contribution in [3.05, 3.63) is 35.4 Å². The summed E-state index contributed by atoms with van der Waals surface area (Å²) >= 11 is 0.979. The lowest BCUT2D eigenvalue weighted by Gasteiger charge is -2.07. The number of halogens is 2. The van der Waals surface area contributed by atoms with E-state index < -0.39 is 17.6 Å². The molecule has 1 heterocycles. The van der Waals surface area contributed by atoms with Crippen molar-refractivity contribution in [1.82, 2.24) is 14.8 Å². The number of rotatable bonds is 6. The van der Waals surface area contributed by atoms with Crippen LogP contribution in [0.1, 0.15) is 5.56 Å². The van der Waals surface area contributed by atoms with Gasteiger partial charge in [-0.05, 0) is 24.1 Å². The van der Waals surface area contributed by atoms with Gasteiger partial charge < -0.3 is 10.8 Å². The molecule has 112 valence electrons. The largest absolute Gasteiger partial charge is 0.481 e. The number of nitrogens with zero attached hydrogens (tertiary/aromatic N) is 3. The SMILES string of the molecule is Nc1nnc(SCC(=O)O)n1CCc1cc(F)cc(F)c1. The number of carboxylic acid groups (broad SMARTS) is 1. The van der Waals surface area contributed by atoms with Gasteiger partial charge in [0.2, 0.25) is 5.95 Å². The highest BCUT2D eigenvalue weighted by Crippen LogP contribution is 2.19. The fourth-order valence-corrected chi connectivity index (χ4v) is 2.43. The van der Waals surface area contributed by atoms with Crippen molar-refractivity contribution in [2.45, 2.75) is 18.1 Å². The van der Waals surface area contributed by atoms with Crippen LogP contribution in [0.5, 0.6) is 0 Å². The Labute approximate surface area is 123 Å². The van der Waals surface area contributed by atoms with E-state index in [0.717, 1.165) is 17.8 Å². The van der Waals surface area contributed by atoms with Crippen LogP contribution in [-0.2, 0) is 17.8 Å². The van der Waals surface area contributed by atoms with Gasteiger partial charge in [0.25, 0.3) is 0 Å². The molecule has 0 aliphatic carbocycles. The summed E-state index contributed by atoms with van der Waals surface area (Å²) in [5, 5.41) is 16.4. The van der Waals surface area contributed by atoms with Gasteiger partial charge >= 0.3 is 5.97 Å². The Kier molecular flexibility index (Phi) is 4.73. The van der Waals surface area contributed by atoms with Gasteiger partial charge in [0, 0.05) is 12.6 Å². The van der Waals surface area contributed by atoms with Crippen molar-refractivity contribution in [1.29, 1.82) is 0 Å². The molecule has 0 bridgehead atoms. The lowest BCUT2D eigenvalue weighted by molar-refractivity contribution is -0.133. The van der Waals surface area contributed by atoms with Crippen LogP contribution in [0.3, 0.4) is 0 Å². The monoisotopic (exact) mass is 314 g/mol. The molecule has 0 spiro atoms. The van der Waals surface area contributed by atoms with E-state index in [9.17, 15) is 13.6 Å². The maximum atomic E-state index is 13.1. The first kappa shape index (κ1) is 15.2. The van der Waals surface area contributed by atoms with E-state index in [1.54, 1.807) is 0 Å². The number of hydrogen-bond acceptors (Lipinski definition) is 5. The number of aryl methyl sites for hydroxylation is 1. The minimum atomic E-state index is -0.986. The van der Waals surface area contributed by atoms with E-state index in [1.165, 1.54) is 16.7 Å². The molecule has 3 N–H and O–H groups in total. The van der Waals surface area contributed by atoms with Gasteiger partial charge in [-0.3, -0.25) is 9.36 Å². The number of carboxylic acids is 1. The average Bonchev–Trinajstić information content (AvgIpc) is 2.73. The topological polar surface area (TPSA) is 94.0 Å². The molecule has 0 atom stereocenters. The predicted molar refractivity (Wildman–Crippen MR) is 72.9 cm³/mol. The maximum absolute atomic E-state index is 13.1. The second-order valence-corrected chi connectivity index (χ2v) is 5.15. The van der Waals surface area contributed by atoms with Gasteiger partial charge in [-0.2, -0.15) is 0 Å². The first-order valence-electron chi connectivity index (χ1n) is 5.94. The Morgan fingerprint density at radius 3 is 2.57 bits per heavy atom. The van der Waals surface area contributed by atoms with Gasteiger partial charge in [-0.25, -0.2) is 8.78 Å². The summed E-state index contributed by atoms with van der Waals surface area (Å²) in [5.74, 6) is -2.34. The summed E-state index contributed by atoms with van der Waals surface area (Å²) in [4.78, 5) is 10.6. The van der Waals surface area contributed by atoms with E-state index >= 15 is 0 Å². The molecule has 6 nitrogen and oxygen atoms in total. The van der Waals surface area contributed by atoms with Crippen LogP contribution < -0.4 is 5.73 Å². The van der Waals surface area contributed by atoms with Crippen molar-refractivity contribution >= 4 is 23.7 Å². The highest BCUT2D eigenvalue weighted by molar-refractivity contribution is 7.99. The van der Waals surface area contributed by atoms with Crippen LogP contribution in [0.2, 0.25) is 0 Å². The van der Waals surface area contributed by atoms with Crippen LogP contribution in [0.4, 0.5) is 14.7 Å². The minimum Gasteiger partial charge on any atom is -0.481 e. The summed E-state index contributed by atoms with van der Waals surface area (Å²) in [6, 6.07) is 3.26. The highest BCUT2D eigenvalue weighted by atomic mass is 32.2. The fourth-order valence-electron chi connectivity index (χ4n) is 1.74. The van der Waals surface area contributed by atoms with E-state index in [2.05, 4.69) is 10.2 Å². The van der Waals surface area contributed by atoms with Crippen LogP contribution in [0.25, 0.3) is 0 Å². The molecule has 9 heteroatoms. The number of benzene rings is 1. The minimum absolute atomic E-state index is 0.125. The summed E-state index contributed by atoms with van der Waals surface area (Å²) in [7, 11) is 0. The zero-order valence-corrected chi connectivity index (χ0v) is 11.6. The lowest BCUT2D eigenvalue weighted by Crippen LogP contribution is -2.08. The molecule has 0 amide bonds. The van der Waals surface area contributed by atoms with E-state index in [-0.39, 0.29) is 11.7 Å². The molecule has 0 radical (unpaired) electrons. The summed E-state index contributed by atoms with van der Waals surface area (Å²) in [5.41, 5.74) is 6.12. The summed E-state index contributed by atoms with van der Waals surface area (Å²) < 4.78 is 27.7. The number of hydrogen-bond donors (Lipinski definition) is 2. The lowest BCUT2D eigenvalue weighted by atomic mass is 10.1. The average molecular weight is 314 g/mol. The molecule has 0 fully saturated rings. The van der Waals surface area contributed by atoms with E-state index in [1.807, 2.05) is 0 Å². The second kappa shape index (κ2) is 6.53. The smallest absolute Gasteiger partial charge is 0.313 e. The number of thioether (sulfide) groups is 1. The van der Waals surface area contributed by atoms with Crippen LogP contribution in [-0.4, -0.2) is 31.6 Å². The van der Waals surface area contributed by atoms with Gasteiger partial charge in [0.15, 0.2) is 5.16 Å². The molecule has 2 rings (SSSR count). The maximum Gasteiger partial charge on any atom is 0.313 e.